The molecule has 6 heteroatoms. The minimum Gasteiger partial charge on any atom is -0.359 e. The number of benzene rings is 1. The highest BCUT2D eigenvalue weighted by atomic mass is 79.9. The van der Waals surface area contributed by atoms with Crippen LogP contribution in [0.4, 0.5) is 10.1 Å². The lowest BCUT2D eigenvalue weighted by atomic mass is 10.2. The Bertz CT molecular complexity index is 591. The smallest absolute Gasteiger partial charge is 0.257 e. The summed E-state index contributed by atoms with van der Waals surface area (Å²) >= 11 is 3.21. The van der Waals surface area contributed by atoms with Crippen molar-refractivity contribution in [1.82, 2.24) is 5.16 Å². The van der Waals surface area contributed by atoms with E-state index in [1.165, 1.54) is 12.1 Å². The van der Waals surface area contributed by atoms with Crippen LogP contribution in [-0.2, 0) is 0 Å². The number of hydrogen-bond donors (Lipinski definition) is 1. The van der Waals surface area contributed by atoms with Gasteiger partial charge in [0.15, 0.2) is 5.76 Å². The zero-order chi connectivity index (χ0) is 13.3. The van der Waals surface area contributed by atoms with E-state index in [-0.39, 0.29) is 5.56 Å². The molecule has 0 saturated heterocycles. The molecule has 2 aromatic rings. The van der Waals surface area contributed by atoms with Gasteiger partial charge in [0.2, 0.25) is 0 Å². The molecule has 94 valence electrons. The van der Waals surface area contributed by atoms with E-state index in [4.69, 9.17) is 4.52 Å². The fraction of sp³-hybridized carbons (Fsp3) is 0.167. The number of aromatic nitrogens is 1. The number of carbonyl (C=O) groups excluding carboxylic acids is 1. The van der Waals surface area contributed by atoms with Crippen molar-refractivity contribution in [2.45, 2.75) is 13.8 Å². The predicted octanol–water partition coefficient (Wildman–Crippen LogP) is 3.45. The van der Waals surface area contributed by atoms with E-state index in [1.807, 2.05) is 0 Å². The van der Waals surface area contributed by atoms with Gasteiger partial charge in [0, 0.05) is 4.47 Å². The van der Waals surface area contributed by atoms with Gasteiger partial charge in [-0.05, 0) is 48.0 Å². The number of hydrogen-bond acceptors (Lipinski definition) is 3. The zero-order valence-electron chi connectivity index (χ0n) is 9.75. The van der Waals surface area contributed by atoms with E-state index in [1.54, 1.807) is 13.8 Å². The average Bonchev–Trinajstić information content (AvgIpc) is 2.64. The monoisotopic (exact) mass is 312 g/mol. The third kappa shape index (κ3) is 2.43. The normalized spacial score (nSPS) is 10.4. The molecule has 18 heavy (non-hydrogen) atoms. The van der Waals surface area contributed by atoms with Crippen molar-refractivity contribution >= 4 is 27.5 Å². The number of rotatable bonds is 2. The van der Waals surface area contributed by atoms with E-state index >= 15 is 0 Å². The van der Waals surface area contributed by atoms with Gasteiger partial charge in [0.25, 0.3) is 5.91 Å². The van der Waals surface area contributed by atoms with Crippen molar-refractivity contribution in [3.8, 4) is 0 Å². The maximum Gasteiger partial charge on any atom is 0.257 e. The van der Waals surface area contributed by atoms with E-state index < -0.39 is 11.7 Å². The van der Waals surface area contributed by atoms with Crippen molar-refractivity contribution in [3.05, 3.63) is 45.5 Å². The Balaban J connectivity index is 2.30. The lowest BCUT2D eigenvalue weighted by molar-refractivity contribution is 0.102. The standard InChI is InChI=1S/C12H10BrFN2O2/c1-6-11(7(2)18-16-6)15-12(17)9-5-8(14)3-4-10(9)13/h3-5H,1-2H3,(H,15,17). The van der Waals surface area contributed by atoms with E-state index in [0.29, 0.717) is 21.6 Å². The molecule has 0 aliphatic heterocycles. The first-order valence-corrected chi connectivity index (χ1v) is 5.97. The van der Waals surface area contributed by atoms with E-state index in [0.717, 1.165) is 6.07 Å². The van der Waals surface area contributed by atoms with Crippen LogP contribution < -0.4 is 5.32 Å². The van der Waals surface area contributed by atoms with Gasteiger partial charge < -0.3 is 9.84 Å². The van der Waals surface area contributed by atoms with Crippen LogP contribution in [0.1, 0.15) is 21.8 Å². The van der Waals surface area contributed by atoms with Crippen molar-refractivity contribution in [2.75, 3.05) is 5.32 Å². The molecule has 0 aliphatic rings. The minimum absolute atomic E-state index is 0.218. The van der Waals surface area contributed by atoms with Crippen LogP contribution in [0.2, 0.25) is 0 Å². The highest BCUT2D eigenvalue weighted by Gasteiger charge is 2.16. The fourth-order valence-electron chi connectivity index (χ4n) is 1.51. The Morgan fingerprint density at radius 2 is 2.17 bits per heavy atom. The number of aryl methyl sites for hydroxylation is 2. The second-order valence-electron chi connectivity index (χ2n) is 3.78. The van der Waals surface area contributed by atoms with Gasteiger partial charge in [-0.15, -0.1) is 0 Å². The molecule has 2 rings (SSSR count). The molecule has 4 nitrogen and oxygen atoms in total. The molecule has 0 atom stereocenters. The Kier molecular flexibility index (Phi) is 3.47. The highest BCUT2D eigenvalue weighted by Crippen LogP contribution is 2.22. The summed E-state index contributed by atoms with van der Waals surface area (Å²) in [5, 5.41) is 6.38. The lowest BCUT2D eigenvalue weighted by Crippen LogP contribution is -2.13. The summed E-state index contributed by atoms with van der Waals surface area (Å²) in [6.07, 6.45) is 0. The molecule has 1 amide bonds. The average molecular weight is 313 g/mol. The summed E-state index contributed by atoms with van der Waals surface area (Å²) in [5.74, 6) is -0.383. The summed E-state index contributed by atoms with van der Waals surface area (Å²) in [4.78, 5) is 12.0. The van der Waals surface area contributed by atoms with Crippen LogP contribution in [0.3, 0.4) is 0 Å². The summed E-state index contributed by atoms with van der Waals surface area (Å²) in [6.45, 7) is 3.41. The topological polar surface area (TPSA) is 55.1 Å². The molecule has 1 N–H and O–H groups in total. The third-order valence-corrected chi connectivity index (χ3v) is 3.14. The van der Waals surface area contributed by atoms with Crippen LogP contribution in [0.25, 0.3) is 0 Å². The number of nitrogens with one attached hydrogen (secondary N) is 1. The van der Waals surface area contributed by atoms with Crippen LogP contribution in [-0.4, -0.2) is 11.1 Å². The van der Waals surface area contributed by atoms with Crippen molar-refractivity contribution in [1.29, 1.82) is 0 Å². The molecular formula is C12H10BrFN2O2. The van der Waals surface area contributed by atoms with Gasteiger partial charge in [0.1, 0.15) is 17.2 Å². The van der Waals surface area contributed by atoms with Crippen LogP contribution >= 0.6 is 15.9 Å². The predicted molar refractivity (Wildman–Crippen MR) is 68.0 cm³/mol. The fourth-order valence-corrected chi connectivity index (χ4v) is 1.94. The van der Waals surface area contributed by atoms with Crippen LogP contribution in [0, 0.1) is 19.7 Å². The lowest BCUT2D eigenvalue weighted by Gasteiger charge is -2.06. The van der Waals surface area contributed by atoms with Gasteiger partial charge in [-0.3, -0.25) is 4.79 Å². The zero-order valence-corrected chi connectivity index (χ0v) is 11.3. The number of carbonyl (C=O) groups is 1. The largest absolute Gasteiger partial charge is 0.359 e. The maximum absolute atomic E-state index is 13.1. The molecule has 0 radical (unpaired) electrons. The Hall–Kier alpha value is -1.69. The molecule has 1 aromatic carbocycles. The Morgan fingerprint density at radius 1 is 1.44 bits per heavy atom. The number of nitrogens with zero attached hydrogens (tertiary/aromatic N) is 1. The summed E-state index contributed by atoms with van der Waals surface area (Å²) in [7, 11) is 0. The van der Waals surface area contributed by atoms with Crippen molar-refractivity contribution in [2.24, 2.45) is 0 Å². The molecule has 0 saturated carbocycles. The number of amides is 1. The van der Waals surface area contributed by atoms with Gasteiger partial charge in [-0.1, -0.05) is 5.16 Å². The first-order chi connectivity index (χ1) is 8.49. The molecule has 0 unspecified atom stereocenters. The third-order valence-electron chi connectivity index (χ3n) is 2.44. The molecule has 0 fully saturated rings. The second-order valence-corrected chi connectivity index (χ2v) is 4.63. The molecular weight excluding hydrogens is 303 g/mol. The summed E-state index contributed by atoms with van der Waals surface area (Å²) in [5.41, 5.74) is 1.31. The second kappa shape index (κ2) is 4.89. The molecule has 1 heterocycles. The first-order valence-electron chi connectivity index (χ1n) is 5.18. The van der Waals surface area contributed by atoms with Gasteiger partial charge >= 0.3 is 0 Å². The Labute approximate surface area is 111 Å². The van der Waals surface area contributed by atoms with Crippen LogP contribution in [0.15, 0.2) is 27.2 Å². The number of anilines is 1. The SMILES string of the molecule is Cc1noc(C)c1NC(=O)c1cc(F)ccc1Br. The first kappa shape index (κ1) is 12.8. The van der Waals surface area contributed by atoms with E-state index in [2.05, 4.69) is 26.4 Å². The molecule has 0 aliphatic carbocycles. The van der Waals surface area contributed by atoms with Gasteiger partial charge in [0.05, 0.1) is 5.56 Å². The minimum atomic E-state index is -0.470. The van der Waals surface area contributed by atoms with Crippen molar-refractivity contribution in [3.63, 3.8) is 0 Å². The summed E-state index contributed by atoms with van der Waals surface area (Å²) in [6, 6.07) is 3.92. The van der Waals surface area contributed by atoms with Crippen LogP contribution in [0.5, 0.6) is 0 Å². The maximum atomic E-state index is 13.1. The van der Waals surface area contributed by atoms with Crippen molar-refractivity contribution < 1.29 is 13.7 Å². The quantitative estimate of drug-likeness (QED) is 0.924. The molecule has 0 bridgehead atoms. The van der Waals surface area contributed by atoms with E-state index in [9.17, 15) is 9.18 Å². The molecule has 0 spiro atoms. The number of halogens is 2. The Morgan fingerprint density at radius 3 is 2.78 bits per heavy atom. The highest BCUT2D eigenvalue weighted by molar-refractivity contribution is 9.10. The summed E-state index contributed by atoms with van der Waals surface area (Å²) < 4.78 is 18.6. The van der Waals surface area contributed by atoms with Gasteiger partial charge in [-0.25, -0.2) is 4.39 Å². The van der Waals surface area contributed by atoms with Gasteiger partial charge in [-0.2, -0.15) is 0 Å². The molecule has 1 aromatic heterocycles.